The monoisotopic (exact) mass is 326 g/mol. The number of piperidine rings is 1. The van der Waals surface area contributed by atoms with Crippen LogP contribution < -0.4 is 5.32 Å². The summed E-state index contributed by atoms with van der Waals surface area (Å²) in [6, 6.07) is 6.31. The van der Waals surface area contributed by atoms with E-state index in [9.17, 15) is 0 Å². The molecule has 3 heterocycles. The lowest BCUT2D eigenvalue weighted by Gasteiger charge is -2.37. The van der Waals surface area contributed by atoms with Gasteiger partial charge in [0.2, 0.25) is 0 Å². The molecule has 4 heteroatoms. The molecule has 19 heavy (non-hydrogen) atoms. The predicted molar refractivity (Wildman–Crippen MR) is 80.1 cm³/mol. The van der Waals surface area contributed by atoms with Crippen LogP contribution in [0.4, 0.5) is 0 Å². The molecule has 0 aliphatic carbocycles. The van der Waals surface area contributed by atoms with Gasteiger partial charge in [-0.2, -0.15) is 0 Å². The van der Waals surface area contributed by atoms with E-state index in [1.807, 2.05) is 6.07 Å². The van der Waals surface area contributed by atoms with Crippen molar-refractivity contribution in [1.29, 1.82) is 0 Å². The number of nitrogens with one attached hydrogen (secondary N) is 1. The van der Waals surface area contributed by atoms with Gasteiger partial charge in [-0.25, -0.2) is 0 Å². The Morgan fingerprint density at radius 1 is 1.32 bits per heavy atom. The Morgan fingerprint density at radius 3 is 2.63 bits per heavy atom. The van der Waals surface area contributed by atoms with Gasteiger partial charge in [0, 0.05) is 18.1 Å². The van der Waals surface area contributed by atoms with Crippen molar-refractivity contribution in [3.63, 3.8) is 0 Å². The summed E-state index contributed by atoms with van der Waals surface area (Å²) in [5, 5.41) is 3.73. The Bertz CT molecular complexity index is 408. The zero-order chi connectivity index (χ0) is 13.2. The minimum atomic E-state index is 0.725. The van der Waals surface area contributed by atoms with E-state index in [0.717, 1.165) is 35.1 Å². The van der Waals surface area contributed by atoms with Crippen LogP contribution in [0, 0.1) is 0 Å². The van der Waals surface area contributed by atoms with Gasteiger partial charge in [0.15, 0.2) is 4.67 Å². The molecule has 1 aromatic heterocycles. The Balaban J connectivity index is 1.66. The first-order valence-electron chi connectivity index (χ1n) is 7.49. The lowest BCUT2D eigenvalue weighted by atomic mass is 9.98. The molecule has 0 spiro atoms. The number of nitrogens with zero attached hydrogens (tertiary/aromatic N) is 1. The van der Waals surface area contributed by atoms with E-state index in [1.165, 1.54) is 38.6 Å². The van der Waals surface area contributed by atoms with E-state index >= 15 is 0 Å². The Labute approximate surface area is 123 Å². The molecule has 0 amide bonds. The van der Waals surface area contributed by atoms with Crippen molar-refractivity contribution < 1.29 is 4.42 Å². The third-order valence-electron chi connectivity index (χ3n) is 4.46. The molecule has 2 saturated heterocycles. The highest BCUT2D eigenvalue weighted by Crippen LogP contribution is 2.31. The second-order valence-corrected chi connectivity index (χ2v) is 6.72. The van der Waals surface area contributed by atoms with Gasteiger partial charge in [0.05, 0.1) is 6.54 Å². The van der Waals surface area contributed by atoms with Crippen LogP contribution in [0.2, 0.25) is 0 Å². The van der Waals surface area contributed by atoms with Gasteiger partial charge in [0.25, 0.3) is 0 Å². The van der Waals surface area contributed by atoms with Crippen LogP contribution >= 0.6 is 15.9 Å². The van der Waals surface area contributed by atoms with Crippen LogP contribution in [0.3, 0.4) is 0 Å². The first-order chi connectivity index (χ1) is 9.24. The van der Waals surface area contributed by atoms with Crippen molar-refractivity contribution in [3.8, 4) is 0 Å². The molecule has 1 N–H and O–H groups in total. The largest absolute Gasteiger partial charge is 0.453 e. The summed E-state index contributed by atoms with van der Waals surface area (Å²) in [6.45, 7) is 4.38. The zero-order valence-electron chi connectivity index (χ0n) is 11.6. The predicted octanol–water partition coefficient (Wildman–Crippen LogP) is 3.54. The first-order valence-corrected chi connectivity index (χ1v) is 8.28. The molecule has 2 bridgehead atoms. The molecule has 3 nitrogen and oxygen atoms in total. The summed E-state index contributed by atoms with van der Waals surface area (Å²) in [6.07, 6.45) is 6.55. The summed E-state index contributed by atoms with van der Waals surface area (Å²) in [7, 11) is 0. The fourth-order valence-electron chi connectivity index (χ4n) is 3.64. The van der Waals surface area contributed by atoms with Gasteiger partial charge in [-0.1, -0.05) is 6.92 Å². The molecule has 2 aliphatic heterocycles. The summed E-state index contributed by atoms with van der Waals surface area (Å²) < 4.78 is 6.52. The van der Waals surface area contributed by atoms with Crippen LogP contribution in [0.25, 0.3) is 0 Å². The summed E-state index contributed by atoms with van der Waals surface area (Å²) in [4.78, 5) is 2.62. The minimum absolute atomic E-state index is 0.725. The Hall–Kier alpha value is -0.320. The smallest absolute Gasteiger partial charge is 0.169 e. The maximum Gasteiger partial charge on any atom is 0.169 e. The lowest BCUT2D eigenvalue weighted by molar-refractivity contribution is 0.125. The fourth-order valence-corrected chi connectivity index (χ4v) is 3.98. The van der Waals surface area contributed by atoms with Crippen molar-refractivity contribution in [1.82, 2.24) is 10.2 Å². The number of fused-ring (bicyclic) bond motifs is 2. The van der Waals surface area contributed by atoms with Gasteiger partial charge in [-0.3, -0.25) is 4.90 Å². The first kappa shape index (κ1) is 13.7. The highest BCUT2D eigenvalue weighted by Gasteiger charge is 2.35. The van der Waals surface area contributed by atoms with Crippen LogP contribution in [0.5, 0.6) is 0 Å². The van der Waals surface area contributed by atoms with Crippen molar-refractivity contribution in [2.75, 3.05) is 6.54 Å². The van der Waals surface area contributed by atoms with E-state index < -0.39 is 0 Å². The average Bonchev–Trinajstić information content (AvgIpc) is 2.95. The normalized spacial score (nSPS) is 30.2. The van der Waals surface area contributed by atoms with Gasteiger partial charge < -0.3 is 9.73 Å². The number of rotatable bonds is 5. The van der Waals surface area contributed by atoms with E-state index in [1.54, 1.807) is 0 Å². The van der Waals surface area contributed by atoms with E-state index in [-0.39, 0.29) is 0 Å². The standard InChI is InChI=1S/C15H23BrN2O/c1-2-7-18(10-14-5-6-15(16)19-14)13-8-11-3-4-12(9-13)17-11/h5-6,11-13,17H,2-4,7-10H2,1H3. The van der Waals surface area contributed by atoms with Crippen molar-refractivity contribution in [3.05, 3.63) is 22.6 Å². The molecule has 2 aliphatic rings. The van der Waals surface area contributed by atoms with Crippen LogP contribution in [-0.2, 0) is 6.54 Å². The van der Waals surface area contributed by atoms with Crippen LogP contribution in [-0.4, -0.2) is 29.6 Å². The van der Waals surface area contributed by atoms with Gasteiger partial charge >= 0.3 is 0 Å². The molecule has 0 aromatic carbocycles. The molecule has 3 rings (SSSR count). The second kappa shape index (κ2) is 5.98. The van der Waals surface area contributed by atoms with Gasteiger partial charge in [0.1, 0.15) is 5.76 Å². The lowest BCUT2D eigenvalue weighted by Crippen LogP contribution is -2.48. The quantitative estimate of drug-likeness (QED) is 0.897. The molecule has 0 radical (unpaired) electrons. The van der Waals surface area contributed by atoms with Crippen LogP contribution in [0.15, 0.2) is 21.2 Å². The summed E-state index contributed by atoms with van der Waals surface area (Å²) >= 11 is 3.39. The highest BCUT2D eigenvalue weighted by molar-refractivity contribution is 9.10. The van der Waals surface area contributed by atoms with E-state index in [0.29, 0.717) is 0 Å². The maximum absolute atomic E-state index is 5.68. The van der Waals surface area contributed by atoms with E-state index in [4.69, 9.17) is 4.42 Å². The topological polar surface area (TPSA) is 28.4 Å². The highest BCUT2D eigenvalue weighted by atomic mass is 79.9. The van der Waals surface area contributed by atoms with Gasteiger partial charge in [-0.15, -0.1) is 0 Å². The Kier molecular flexibility index (Phi) is 4.30. The summed E-state index contributed by atoms with van der Waals surface area (Å²) in [5.74, 6) is 1.08. The van der Waals surface area contributed by atoms with Crippen molar-refractivity contribution in [2.24, 2.45) is 0 Å². The molecule has 2 unspecified atom stereocenters. The molecule has 0 saturated carbocycles. The molecule has 1 aromatic rings. The number of halogens is 1. The third kappa shape index (κ3) is 3.23. The SMILES string of the molecule is CCCN(Cc1ccc(Br)o1)C1CC2CCC(C1)N2. The second-order valence-electron chi connectivity index (χ2n) is 5.94. The number of furan rings is 1. The fraction of sp³-hybridized carbons (Fsp3) is 0.733. The van der Waals surface area contributed by atoms with Gasteiger partial charge in [-0.05, 0) is 66.7 Å². The van der Waals surface area contributed by atoms with E-state index in [2.05, 4.69) is 39.1 Å². The number of hydrogen-bond donors (Lipinski definition) is 1. The Morgan fingerprint density at radius 2 is 2.05 bits per heavy atom. The van der Waals surface area contributed by atoms with Crippen molar-refractivity contribution >= 4 is 15.9 Å². The summed E-state index contributed by atoms with van der Waals surface area (Å²) in [5.41, 5.74) is 0. The molecular formula is C15H23BrN2O. The van der Waals surface area contributed by atoms with Crippen molar-refractivity contribution in [2.45, 2.75) is 63.7 Å². The minimum Gasteiger partial charge on any atom is -0.453 e. The molecular weight excluding hydrogens is 304 g/mol. The molecule has 106 valence electrons. The maximum atomic E-state index is 5.68. The molecule has 2 atom stereocenters. The average molecular weight is 327 g/mol. The third-order valence-corrected chi connectivity index (χ3v) is 4.89. The zero-order valence-corrected chi connectivity index (χ0v) is 13.2. The molecule has 2 fully saturated rings. The number of hydrogen-bond acceptors (Lipinski definition) is 3. The van der Waals surface area contributed by atoms with Crippen LogP contribution in [0.1, 0.15) is 44.8 Å².